The van der Waals surface area contributed by atoms with Crippen LogP contribution in [0.2, 0.25) is 0 Å². The lowest BCUT2D eigenvalue weighted by atomic mass is 9.87. The Morgan fingerprint density at radius 3 is 2.84 bits per heavy atom. The second kappa shape index (κ2) is 5.22. The molecule has 96 valence electrons. The molecule has 0 saturated heterocycles. The third-order valence-electron chi connectivity index (χ3n) is 3.52. The smallest absolute Gasteiger partial charge is 0.163 e. The van der Waals surface area contributed by atoms with Crippen LogP contribution in [0.25, 0.3) is 0 Å². The zero-order valence-corrected chi connectivity index (χ0v) is 10.6. The first-order valence-corrected chi connectivity index (χ1v) is 6.49. The second-order valence-electron chi connectivity index (χ2n) is 4.74. The van der Waals surface area contributed by atoms with Crippen LogP contribution in [0.3, 0.4) is 0 Å². The topological polar surface area (TPSA) is 39.2 Å². The van der Waals surface area contributed by atoms with Crippen molar-refractivity contribution < 1.29 is 9.53 Å². The van der Waals surface area contributed by atoms with Crippen LogP contribution in [0.1, 0.15) is 34.7 Å². The molecule has 1 aliphatic heterocycles. The van der Waals surface area contributed by atoms with Gasteiger partial charge in [0.05, 0.1) is 6.61 Å². The zero-order valence-electron chi connectivity index (χ0n) is 10.6. The normalized spacial score (nSPS) is 17.4. The molecule has 0 N–H and O–H groups in total. The molecule has 1 aromatic heterocycles. The summed E-state index contributed by atoms with van der Waals surface area (Å²) < 4.78 is 5.62. The Hall–Kier alpha value is -2.16. The molecule has 3 rings (SSSR count). The highest BCUT2D eigenvalue weighted by atomic mass is 16.5. The average Bonchev–Trinajstić information content (AvgIpc) is 2.48. The van der Waals surface area contributed by atoms with Gasteiger partial charge in [-0.1, -0.05) is 18.2 Å². The van der Waals surface area contributed by atoms with Crippen LogP contribution in [0.4, 0.5) is 0 Å². The van der Waals surface area contributed by atoms with Crippen LogP contribution in [0.5, 0.6) is 5.75 Å². The first-order valence-electron chi connectivity index (χ1n) is 6.49. The minimum Gasteiger partial charge on any atom is -0.493 e. The van der Waals surface area contributed by atoms with Crippen molar-refractivity contribution in [3.05, 3.63) is 59.9 Å². The van der Waals surface area contributed by atoms with Crippen molar-refractivity contribution in [1.82, 2.24) is 4.98 Å². The molecule has 0 amide bonds. The number of aromatic nitrogens is 1. The molecule has 0 bridgehead atoms. The molecule has 2 heterocycles. The van der Waals surface area contributed by atoms with E-state index in [2.05, 4.69) is 11.1 Å². The van der Waals surface area contributed by atoms with Crippen molar-refractivity contribution in [3.8, 4) is 5.75 Å². The number of rotatable bonds is 3. The van der Waals surface area contributed by atoms with Gasteiger partial charge in [-0.05, 0) is 36.1 Å². The number of ether oxygens (including phenoxy) is 1. The van der Waals surface area contributed by atoms with Gasteiger partial charge in [0.15, 0.2) is 5.78 Å². The van der Waals surface area contributed by atoms with Crippen LogP contribution in [0, 0.1) is 0 Å². The molecule has 0 aliphatic carbocycles. The Balaban J connectivity index is 1.80. The fourth-order valence-electron chi connectivity index (χ4n) is 2.51. The summed E-state index contributed by atoms with van der Waals surface area (Å²) in [4.78, 5) is 16.2. The second-order valence-corrected chi connectivity index (χ2v) is 4.74. The van der Waals surface area contributed by atoms with E-state index in [0.717, 1.165) is 23.3 Å². The highest BCUT2D eigenvalue weighted by molar-refractivity contribution is 5.96. The van der Waals surface area contributed by atoms with Crippen molar-refractivity contribution in [1.29, 1.82) is 0 Å². The van der Waals surface area contributed by atoms with E-state index in [4.69, 9.17) is 4.74 Å². The predicted molar refractivity (Wildman–Crippen MR) is 72.5 cm³/mol. The fraction of sp³-hybridized carbons (Fsp3) is 0.250. The van der Waals surface area contributed by atoms with Gasteiger partial charge >= 0.3 is 0 Å². The van der Waals surface area contributed by atoms with Crippen LogP contribution in [-0.4, -0.2) is 17.4 Å². The molecule has 0 saturated carbocycles. The standard InChI is InChI=1S/C16H15NO2/c18-15(12-5-8-17-9-6-12)11-13-7-10-19-16-4-2-1-3-14(13)16/h1-6,8-9,13H,7,10-11H2. The Kier molecular flexibility index (Phi) is 3.27. The Morgan fingerprint density at radius 1 is 1.21 bits per heavy atom. The molecule has 1 aliphatic rings. The third kappa shape index (κ3) is 2.50. The highest BCUT2D eigenvalue weighted by Gasteiger charge is 2.23. The fourth-order valence-corrected chi connectivity index (χ4v) is 2.51. The van der Waals surface area contributed by atoms with Crippen molar-refractivity contribution in [2.24, 2.45) is 0 Å². The number of carbonyl (C=O) groups is 1. The van der Waals surface area contributed by atoms with E-state index in [1.165, 1.54) is 0 Å². The lowest BCUT2D eigenvalue weighted by Gasteiger charge is -2.25. The van der Waals surface area contributed by atoms with Gasteiger partial charge in [0, 0.05) is 24.4 Å². The number of hydrogen-bond acceptors (Lipinski definition) is 3. The van der Waals surface area contributed by atoms with Crippen LogP contribution >= 0.6 is 0 Å². The van der Waals surface area contributed by atoms with Crippen LogP contribution in [0.15, 0.2) is 48.8 Å². The maximum absolute atomic E-state index is 12.3. The number of Topliss-reactive ketones (excluding diaryl/α,β-unsaturated/α-hetero) is 1. The molecule has 2 aromatic rings. The number of fused-ring (bicyclic) bond motifs is 1. The predicted octanol–water partition coefficient (Wildman–Crippen LogP) is 3.22. The minimum atomic E-state index is 0.170. The summed E-state index contributed by atoms with van der Waals surface area (Å²) in [6.07, 6.45) is 4.74. The van der Waals surface area contributed by atoms with E-state index in [9.17, 15) is 4.79 Å². The number of ketones is 1. The van der Waals surface area contributed by atoms with Crippen LogP contribution in [-0.2, 0) is 0 Å². The summed E-state index contributed by atoms with van der Waals surface area (Å²) in [6.45, 7) is 0.686. The lowest BCUT2D eigenvalue weighted by Crippen LogP contribution is -2.17. The number of para-hydroxylation sites is 1. The summed E-state index contributed by atoms with van der Waals surface area (Å²) in [5.41, 5.74) is 1.88. The van der Waals surface area contributed by atoms with E-state index in [1.54, 1.807) is 24.5 Å². The van der Waals surface area contributed by atoms with Gasteiger partial charge in [0.25, 0.3) is 0 Å². The van der Waals surface area contributed by atoms with Gasteiger partial charge in [-0.25, -0.2) is 0 Å². The Bertz CT molecular complexity index is 580. The summed E-state index contributed by atoms with van der Waals surface area (Å²) in [5.74, 6) is 1.34. The van der Waals surface area contributed by atoms with E-state index < -0.39 is 0 Å². The Labute approximate surface area is 112 Å². The first-order chi connectivity index (χ1) is 9.34. The van der Waals surface area contributed by atoms with Crippen molar-refractivity contribution >= 4 is 5.78 Å². The minimum absolute atomic E-state index is 0.170. The number of nitrogens with zero attached hydrogens (tertiary/aromatic N) is 1. The maximum Gasteiger partial charge on any atom is 0.163 e. The third-order valence-corrected chi connectivity index (χ3v) is 3.52. The largest absolute Gasteiger partial charge is 0.493 e. The number of benzene rings is 1. The molecule has 19 heavy (non-hydrogen) atoms. The first kappa shape index (κ1) is 11.9. The van der Waals surface area contributed by atoms with E-state index in [1.807, 2.05) is 18.2 Å². The lowest BCUT2D eigenvalue weighted by molar-refractivity contribution is 0.0966. The van der Waals surface area contributed by atoms with Gasteiger partial charge in [-0.15, -0.1) is 0 Å². The van der Waals surface area contributed by atoms with Gasteiger partial charge < -0.3 is 4.74 Å². The molecular formula is C16H15NO2. The number of hydrogen-bond donors (Lipinski definition) is 0. The van der Waals surface area contributed by atoms with E-state index in [0.29, 0.717) is 13.0 Å². The summed E-state index contributed by atoms with van der Waals surface area (Å²) in [6, 6.07) is 11.5. The van der Waals surface area contributed by atoms with Crippen molar-refractivity contribution in [2.75, 3.05) is 6.61 Å². The molecule has 1 unspecified atom stereocenters. The quantitative estimate of drug-likeness (QED) is 0.788. The zero-order chi connectivity index (χ0) is 13.1. The van der Waals surface area contributed by atoms with Gasteiger partial charge in [-0.3, -0.25) is 9.78 Å². The highest BCUT2D eigenvalue weighted by Crippen LogP contribution is 2.36. The summed E-state index contributed by atoms with van der Waals surface area (Å²) in [5, 5.41) is 0. The van der Waals surface area contributed by atoms with Crippen molar-refractivity contribution in [2.45, 2.75) is 18.8 Å². The molecule has 3 nitrogen and oxygen atoms in total. The van der Waals surface area contributed by atoms with Crippen molar-refractivity contribution in [3.63, 3.8) is 0 Å². The molecule has 0 radical (unpaired) electrons. The average molecular weight is 253 g/mol. The van der Waals surface area contributed by atoms with E-state index >= 15 is 0 Å². The maximum atomic E-state index is 12.3. The number of pyridine rings is 1. The molecule has 0 fully saturated rings. The molecule has 3 heteroatoms. The monoisotopic (exact) mass is 253 g/mol. The Morgan fingerprint density at radius 2 is 2.00 bits per heavy atom. The molecule has 0 spiro atoms. The van der Waals surface area contributed by atoms with Crippen LogP contribution < -0.4 is 4.74 Å². The van der Waals surface area contributed by atoms with Gasteiger partial charge in [0.1, 0.15) is 5.75 Å². The summed E-state index contributed by atoms with van der Waals surface area (Å²) in [7, 11) is 0. The van der Waals surface area contributed by atoms with Gasteiger partial charge in [-0.2, -0.15) is 0 Å². The molecular weight excluding hydrogens is 238 g/mol. The van der Waals surface area contributed by atoms with E-state index in [-0.39, 0.29) is 11.7 Å². The summed E-state index contributed by atoms with van der Waals surface area (Å²) >= 11 is 0. The SMILES string of the molecule is O=C(CC1CCOc2ccccc21)c1ccncc1. The number of carbonyl (C=O) groups excluding carboxylic acids is 1. The molecule has 1 aromatic carbocycles. The molecule has 1 atom stereocenters. The van der Waals surface area contributed by atoms with Gasteiger partial charge in [0.2, 0.25) is 0 Å².